The molecule has 2 rings (SSSR count). The standard InChI is InChI=1S/C19H24F6N2.ClH/c1-2-3-4-5-6-17(27-9-7-26-8-10-27)14-11-15(18(20,21)22)13-16(12-14)19(23,24)25;/h2,11-13,17,26H,1,3-10H2;1H/t17-;/m1./s1. The van der Waals surface area contributed by atoms with Crippen LogP contribution in [0.2, 0.25) is 0 Å². The molecule has 0 aliphatic carbocycles. The molecule has 1 heterocycles. The van der Waals surface area contributed by atoms with Crippen molar-refractivity contribution in [3.8, 4) is 0 Å². The zero-order chi connectivity index (χ0) is 20.1. The van der Waals surface area contributed by atoms with Crippen LogP contribution < -0.4 is 5.32 Å². The van der Waals surface area contributed by atoms with E-state index in [0.717, 1.165) is 25.0 Å². The fraction of sp³-hybridized carbons (Fsp3) is 0.579. The molecule has 0 aromatic heterocycles. The Kier molecular flexibility index (Phi) is 9.30. The summed E-state index contributed by atoms with van der Waals surface area (Å²) in [7, 11) is 0. The van der Waals surface area contributed by atoms with Gasteiger partial charge in [0, 0.05) is 32.2 Å². The minimum absolute atomic E-state index is 0. The average Bonchev–Trinajstić information content (AvgIpc) is 2.60. The summed E-state index contributed by atoms with van der Waals surface area (Å²) in [6, 6.07) is 1.46. The van der Waals surface area contributed by atoms with E-state index in [1.165, 1.54) is 0 Å². The normalized spacial score (nSPS) is 17.1. The van der Waals surface area contributed by atoms with Gasteiger partial charge in [0.25, 0.3) is 0 Å². The third-order valence-corrected chi connectivity index (χ3v) is 4.72. The second kappa shape index (κ2) is 10.5. The highest BCUT2D eigenvalue weighted by molar-refractivity contribution is 5.85. The zero-order valence-electron chi connectivity index (χ0n) is 15.4. The first kappa shape index (κ1) is 24.8. The Morgan fingerprint density at radius 3 is 1.96 bits per heavy atom. The predicted molar refractivity (Wildman–Crippen MR) is 99.5 cm³/mol. The number of rotatable bonds is 7. The summed E-state index contributed by atoms with van der Waals surface area (Å²) in [5.74, 6) is 0. The Balaban J connectivity index is 0.00000392. The van der Waals surface area contributed by atoms with Crippen LogP contribution in [0.3, 0.4) is 0 Å². The van der Waals surface area contributed by atoms with Crippen LogP contribution in [0.1, 0.15) is 48.4 Å². The van der Waals surface area contributed by atoms with Gasteiger partial charge in [-0.15, -0.1) is 19.0 Å². The summed E-state index contributed by atoms with van der Waals surface area (Å²) in [5.41, 5.74) is -2.42. The number of unbranched alkanes of at least 4 members (excludes halogenated alkanes) is 2. The highest BCUT2D eigenvalue weighted by Gasteiger charge is 2.38. The molecule has 1 aliphatic heterocycles. The highest BCUT2D eigenvalue weighted by Crippen LogP contribution is 2.39. The van der Waals surface area contributed by atoms with Gasteiger partial charge in [-0.25, -0.2) is 0 Å². The number of benzene rings is 1. The minimum atomic E-state index is -4.83. The van der Waals surface area contributed by atoms with Gasteiger partial charge < -0.3 is 5.32 Å². The van der Waals surface area contributed by atoms with E-state index in [9.17, 15) is 26.3 Å². The number of hydrogen-bond donors (Lipinski definition) is 1. The van der Waals surface area contributed by atoms with Crippen LogP contribution in [0.25, 0.3) is 0 Å². The van der Waals surface area contributed by atoms with Gasteiger partial charge in [0.1, 0.15) is 0 Å². The van der Waals surface area contributed by atoms with Crippen molar-refractivity contribution in [2.45, 2.75) is 44.1 Å². The molecule has 1 atom stereocenters. The van der Waals surface area contributed by atoms with E-state index in [2.05, 4.69) is 11.9 Å². The summed E-state index contributed by atoms with van der Waals surface area (Å²) in [5, 5.41) is 3.15. The van der Waals surface area contributed by atoms with Gasteiger partial charge in [-0.1, -0.05) is 12.5 Å². The van der Waals surface area contributed by atoms with Crippen LogP contribution in [0.5, 0.6) is 0 Å². The van der Waals surface area contributed by atoms with Crippen molar-refractivity contribution in [1.29, 1.82) is 0 Å². The second-order valence-corrected chi connectivity index (χ2v) is 6.71. The molecule has 0 amide bonds. The number of alkyl halides is 6. The van der Waals surface area contributed by atoms with E-state index in [0.29, 0.717) is 39.0 Å². The van der Waals surface area contributed by atoms with Crippen LogP contribution in [0.15, 0.2) is 30.9 Å². The summed E-state index contributed by atoms with van der Waals surface area (Å²) < 4.78 is 79.2. The predicted octanol–water partition coefficient (Wildman–Crippen LogP) is 5.84. The molecule has 0 bridgehead atoms. The van der Waals surface area contributed by atoms with Crippen molar-refractivity contribution in [3.05, 3.63) is 47.5 Å². The Bertz CT molecular complexity index is 592. The molecule has 1 N–H and O–H groups in total. The molecule has 1 saturated heterocycles. The maximum Gasteiger partial charge on any atom is 0.416 e. The Morgan fingerprint density at radius 1 is 0.964 bits per heavy atom. The lowest BCUT2D eigenvalue weighted by atomic mass is 9.94. The van der Waals surface area contributed by atoms with Gasteiger partial charge >= 0.3 is 12.4 Å². The van der Waals surface area contributed by atoms with E-state index in [1.54, 1.807) is 6.08 Å². The Hall–Kier alpha value is -1.25. The van der Waals surface area contributed by atoms with Crippen LogP contribution in [-0.4, -0.2) is 31.1 Å². The van der Waals surface area contributed by atoms with Gasteiger partial charge in [-0.2, -0.15) is 26.3 Å². The first-order valence-corrected chi connectivity index (χ1v) is 8.98. The maximum absolute atomic E-state index is 13.2. The molecule has 1 fully saturated rings. The van der Waals surface area contributed by atoms with Crippen LogP contribution in [0, 0.1) is 0 Å². The molecule has 1 aromatic rings. The molecule has 1 aliphatic rings. The Labute approximate surface area is 167 Å². The number of halogens is 7. The van der Waals surface area contributed by atoms with Gasteiger partial charge in [-0.3, -0.25) is 4.90 Å². The monoisotopic (exact) mass is 430 g/mol. The van der Waals surface area contributed by atoms with Crippen molar-refractivity contribution in [2.24, 2.45) is 0 Å². The van der Waals surface area contributed by atoms with E-state index in [-0.39, 0.29) is 24.0 Å². The third-order valence-electron chi connectivity index (χ3n) is 4.72. The molecule has 9 heteroatoms. The summed E-state index contributed by atoms with van der Waals surface area (Å²) >= 11 is 0. The van der Waals surface area contributed by atoms with Crippen molar-refractivity contribution in [2.75, 3.05) is 26.2 Å². The zero-order valence-corrected chi connectivity index (χ0v) is 16.2. The molecule has 0 spiro atoms. The number of nitrogens with zero attached hydrogens (tertiary/aromatic N) is 1. The first-order chi connectivity index (χ1) is 12.6. The highest BCUT2D eigenvalue weighted by atomic mass is 35.5. The lowest BCUT2D eigenvalue weighted by Crippen LogP contribution is -2.45. The molecule has 2 nitrogen and oxygen atoms in total. The smallest absolute Gasteiger partial charge is 0.314 e. The van der Waals surface area contributed by atoms with Crippen LogP contribution >= 0.6 is 12.4 Å². The fourth-order valence-electron chi connectivity index (χ4n) is 3.35. The first-order valence-electron chi connectivity index (χ1n) is 8.98. The van der Waals surface area contributed by atoms with Crippen molar-refractivity contribution in [1.82, 2.24) is 10.2 Å². The number of hydrogen-bond acceptors (Lipinski definition) is 2. The van der Waals surface area contributed by atoms with Crippen molar-refractivity contribution in [3.63, 3.8) is 0 Å². The number of allylic oxidation sites excluding steroid dienone is 1. The second-order valence-electron chi connectivity index (χ2n) is 6.71. The summed E-state index contributed by atoms with van der Waals surface area (Å²) in [6.07, 6.45) is -5.11. The van der Waals surface area contributed by atoms with E-state index in [4.69, 9.17) is 0 Å². The molecule has 0 unspecified atom stereocenters. The topological polar surface area (TPSA) is 15.3 Å². The largest absolute Gasteiger partial charge is 0.416 e. The summed E-state index contributed by atoms with van der Waals surface area (Å²) in [6.45, 7) is 6.13. The van der Waals surface area contributed by atoms with E-state index >= 15 is 0 Å². The molecule has 28 heavy (non-hydrogen) atoms. The van der Waals surface area contributed by atoms with Crippen molar-refractivity contribution < 1.29 is 26.3 Å². The van der Waals surface area contributed by atoms with E-state index in [1.807, 2.05) is 4.90 Å². The molecule has 0 radical (unpaired) electrons. The molecule has 1 aromatic carbocycles. The quantitative estimate of drug-likeness (QED) is 0.332. The molecule has 0 saturated carbocycles. The van der Waals surface area contributed by atoms with Crippen molar-refractivity contribution >= 4 is 12.4 Å². The fourth-order valence-corrected chi connectivity index (χ4v) is 3.35. The Morgan fingerprint density at radius 2 is 1.50 bits per heavy atom. The maximum atomic E-state index is 13.2. The molecule has 160 valence electrons. The van der Waals surface area contributed by atoms with Gasteiger partial charge in [0.15, 0.2) is 0 Å². The van der Waals surface area contributed by atoms with E-state index < -0.39 is 29.5 Å². The lowest BCUT2D eigenvalue weighted by molar-refractivity contribution is -0.143. The third kappa shape index (κ3) is 6.97. The van der Waals surface area contributed by atoms with Gasteiger partial charge in [0.05, 0.1) is 11.1 Å². The lowest BCUT2D eigenvalue weighted by Gasteiger charge is -2.36. The van der Waals surface area contributed by atoms with Gasteiger partial charge in [-0.05, 0) is 43.0 Å². The SMILES string of the molecule is C=CCCCC[C@H](c1cc(C(F)(F)F)cc(C(F)(F)F)c1)N1CCNCC1.Cl. The number of piperazine rings is 1. The van der Waals surface area contributed by atoms with Gasteiger partial charge in [0.2, 0.25) is 0 Å². The molecular weight excluding hydrogens is 406 g/mol. The molecular formula is C19H25ClF6N2. The number of nitrogens with one attached hydrogen (secondary N) is 1. The minimum Gasteiger partial charge on any atom is -0.314 e. The van der Waals surface area contributed by atoms with Crippen LogP contribution in [0.4, 0.5) is 26.3 Å². The van der Waals surface area contributed by atoms with Crippen LogP contribution in [-0.2, 0) is 12.4 Å². The summed E-state index contributed by atoms with van der Waals surface area (Å²) in [4.78, 5) is 1.97. The average molecular weight is 431 g/mol.